The van der Waals surface area contributed by atoms with Gasteiger partial charge in [0, 0.05) is 5.56 Å². The molecule has 1 aromatic carbocycles. The number of terminal acetylenes is 1. The summed E-state index contributed by atoms with van der Waals surface area (Å²) in [6, 6.07) is 4.60. The molecule has 0 aliphatic carbocycles. The molecular formula is C18H22O4. The molecular weight excluding hydrogens is 280 g/mol. The molecule has 0 aliphatic heterocycles. The molecule has 22 heavy (non-hydrogen) atoms. The van der Waals surface area contributed by atoms with Crippen molar-refractivity contribution in [2.45, 2.75) is 52.7 Å². The fourth-order valence-electron chi connectivity index (χ4n) is 1.64. The summed E-state index contributed by atoms with van der Waals surface area (Å²) in [5.74, 6) is 1.33. The van der Waals surface area contributed by atoms with Crippen molar-refractivity contribution in [2.75, 3.05) is 0 Å². The van der Waals surface area contributed by atoms with Gasteiger partial charge in [-0.3, -0.25) is 0 Å². The smallest absolute Gasteiger partial charge is 0.339 e. The minimum Gasteiger partial charge on any atom is -0.459 e. The lowest BCUT2D eigenvalue weighted by molar-refractivity contribution is 0.0285. The van der Waals surface area contributed by atoms with Crippen LogP contribution in [0, 0.1) is 12.3 Å². The predicted octanol–water partition coefficient (Wildman–Crippen LogP) is 3.58. The van der Waals surface area contributed by atoms with E-state index in [0.717, 1.165) is 0 Å². The Labute approximate surface area is 131 Å². The first kappa shape index (κ1) is 17.8. The van der Waals surface area contributed by atoms with Crippen LogP contribution >= 0.6 is 0 Å². The summed E-state index contributed by atoms with van der Waals surface area (Å²) in [6.07, 6.45) is 6.28. The molecule has 0 aliphatic rings. The van der Waals surface area contributed by atoms with Gasteiger partial charge in [0.25, 0.3) is 0 Å². The Morgan fingerprint density at radius 1 is 1.05 bits per heavy atom. The van der Waals surface area contributed by atoms with E-state index in [2.05, 4.69) is 5.92 Å². The van der Waals surface area contributed by atoms with Crippen LogP contribution in [0.5, 0.6) is 0 Å². The Kier molecular flexibility index (Phi) is 6.65. The van der Waals surface area contributed by atoms with Gasteiger partial charge in [-0.2, -0.15) is 0 Å². The lowest BCUT2D eigenvalue weighted by Crippen LogP contribution is -2.20. The number of rotatable bonds is 6. The van der Waals surface area contributed by atoms with Gasteiger partial charge in [-0.15, -0.1) is 6.42 Å². The van der Waals surface area contributed by atoms with Crippen LogP contribution in [0.2, 0.25) is 0 Å². The standard InChI is InChI=1S/C18H22O4/c1-6-12(4)21-17(19)15-10-9-14(8-3)11-16(15)18(20)22-13(5)7-2/h3,9-13H,6-7H2,1-2,4-5H3. The van der Waals surface area contributed by atoms with Crippen molar-refractivity contribution in [1.29, 1.82) is 0 Å². The van der Waals surface area contributed by atoms with E-state index in [-0.39, 0.29) is 23.3 Å². The maximum atomic E-state index is 12.3. The second-order valence-corrected chi connectivity index (χ2v) is 5.15. The maximum Gasteiger partial charge on any atom is 0.339 e. The molecule has 0 heterocycles. The molecule has 0 N–H and O–H groups in total. The summed E-state index contributed by atoms with van der Waals surface area (Å²) in [7, 11) is 0. The van der Waals surface area contributed by atoms with Crippen molar-refractivity contribution in [2.24, 2.45) is 0 Å². The largest absolute Gasteiger partial charge is 0.459 e. The number of carbonyl (C=O) groups excluding carboxylic acids is 2. The van der Waals surface area contributed by atoms with Gasteiger partial charge < -0.3 is 9.47 Å². The van der Waals surface area contributed by atoms with Gasteiger partial charge in [0.05, 0.1) is 23.3 Å². The lowest BCUT2D eigenvalue weighted by atomic mass is 10.0. The first-order valence-corrected chi connectivity index (χ1v) is 7.45. The first-order chi connectivity index (χ1) is 10.4. The minimum absolute atomic E-state index is 0.143. The van der Waals surface area contributed by atoms with Gasteiger partial charge in [-0.05, 0) is 44.9 Å². The summed E-state index contributed by atoms with van der Waals surface area (Å²) in [5.41, 5.74) is 0.827. The Hall–Kier alpha value is -2.28. The van der Waals surface area contributed by atoms with Crippen LogP contribution in [0.15, 0.2) is 18.2 Å². The molecule has 0 saturated heterocycles. The number of esters is 2. The van der Waals surface area contributed by atoms with E-state index in [0.29, 0.717) is 18.4 Å². The molecule has 2 unspecified atom stereocenters. The molecule has 4 nitrogen and oxygen atoms in total. The van der Waals surface area contributed by atoms with Gasteiger partial charge in [0.2, 0.25) is 0 Å². The third kappa shape index (κ3) is 4.63. The predicted molar refractivity (Wildman–Crippen MR) is 84.7 cm³/mol. The number of carbonyl (C=O) groups is 2. The van der Waals surface area contributed by atoms with E-state index in [1.54, 1.807) is 19.9 Å². The fraction of sp³-hybridized carbons (Fsp3) is 0.444. The average Bonchev–Trinajstić information content (AvgIpc) is 2.53. The van der Waals surface area contributed by atoms with E-state index in [1.165, 1.54) is 12.1 Å². The zero-order valence-corrected chi connectivity index (χ0v) is 13.5. The van der Waals surface area contributed by atoms with E-state index >= 15 is 0 Å². The van der Waals surface area contributed by atoms with E-state index < -0.39 is 11.9 Å². The maximum absolute atomic E-state index is 12.3. The molecule has 2 atom stereocenters. The quantitative estimate of drug-likeness (QED) is 0.595. The van der Waals surface area contributed by atoms with Crippen molar-refractivity contribution < 1.29 is 19.1 Å². The number of hydrogen-bond acceptors (Lipinski definition) is 4. The summed E-state index contributed by atoms with van der Waals surface area (Å²) in [4.78, 5) is 24.5. The molecule has 0 aromatic heterocycles. The molecule has 0 fully saturated rings. The normalized spacial score (nSPS) is 12.9. The number of ether oxygens (including phenoxy) is 2. The molecule has 0 radical (unpaired) electrons. The van der Waals surface area contributed by atoms with Crippen LogP contribution in [-0.4, -0.2) is 24.1 Å². The first-order valence-electron chi connectivity index (χ1n) is 7.45. The zero-order valence-electron chi connectivity index (χ0n) is 13.5. The minimum atomic E-state index is -0.567. The second-order valence-electron chi connectivity index (χ2n) is 5.15. The number of benzene rings is 1. The van der Waals surface area contributed by atoms with Crippen molar-refractivity contribution in [3.63, 3.8) is 0 Å². The highest BCUT2D eigenvalue weighted by molar-refractivity contribution is 6.03. The molecule has 4 heteroatoms. The van der Waals surface area contributed by atoms with Gasteiger partial charge in [-0.1, -0.05) is 19.8 Å². The monoisotopic (exact) mass is 302 g/mol. The van der Waals surface area contributed by atoms with Crippen molar-refractivity contribution in [3.05, 3.63) is 34.9 Å². The van der Waals surface area contributed by atoms with Gasteiger partial charge in [-0.25, -0.2) is 9.59 Å². The Morgan fingerprint density at radius 2 is 1.55 bits per heavy atom. The SMILES string of the molecule is C#Cc1ccc(C(=O)OC(C)CC)c(C(=O)OC(C)CC)c1. The van der Waals surface area contributed by atoms with Gasteiger partial charge in [0.15, 0.2) is 0 Å². The fourth-order valence-corrected chi connectivity index (χ4v) is 1.64. The Bertz CT molecular complexity index is 583. The molecule has 0 spiro atoms. The summed E-state index contributed by atoms with van der Waals surface area (Å²) in [6.45, 7) is 7.41. The zero-order chi connectivity index (χ0) is 16.7. The third-order valence-electron chi connectivity index (χ3n) is 3.39. The van der Waals surface area contributed by atoms with Crippen molar-refractivity contribution in [1.82, 2.24) is 0 Å². The van der Waals surface area contributed by atoms with Crippen molar-refractivity contribution in [3.8, 4) is 12.3 Å². The Morgan fingerprint density at radius 3 is 2.00 bits per heavy atom. The van der Waals surface area contributed by atoms with Gasteiger partial charge >= 0.3 is 11.9 Å². The van der Waals surface area contributed by atoms with E-state index in [4.69, 9.17) is 15.9 Å². The van der Waals surface area contributed by atoms with Gasteiger partial charge in [0.1, 0.15) is 0 Å². The Balaban J connectivity index is 3.14. The van der Waals surface area contributed by atoms with Crippen LogP contribution in [-0.2, 0) is 9.47 Å². The lowest BCUT2D eigenvalue weighted by Gasteiger charge is -2.15. The van der Waals surface area contributed by atoms with Crippen LogP contribution in [0.4, 0.5) is 0 Å². The van der Waals surface area contributed by atoms with Crippen LogP contribution < -0.4 is 0 Å². The summed E-state index contributed by atoms with van der Waals surface area (Å²) >= 11 is 0. The van der Waals surface area contributed by atoms with E-state index in [1.807, 2.05) is 13.8 Å². The average molecular weight is 302 g/mol. The summed E-state index contributed by atoms with van der Waals surface area (Å²) < 4.78 is 10.6. The highest BCUT2D eigenvalue weighted by Crippen LogP contribution is 2.17. The molecule has 0 bridgehead atoms. The molecule has 1 aromatic rings. The second kappa shape index (κ2) is 8.23. The summed E-state index contributed by atoms with van der Waals surface area (Å²) in [5, 5.41) is 0. The van der Waals surface area contributed by atoms with Crippen LogP contribution in [0.1, 0.15) is 66.8 Å². The van der Waals surface area contributed by atoms with Crippen LogP contribution in [0.25, 0.3) is 0 Å². The molecule has 0 saturated carbocycles. The third-order valence-corrected chi connectivity index (χ3v) is 3.39. The topological polar surface area (TPSA) is 52.6 Å². The van der Waals surface area contributed by atoms with Crippen molar-refractivity contribution >= 4 is 11.9 Å². The number of hydrogen-bond donors (Lipinski definition) is 0. The molecule has 1 rings (SSSR count). The van der Waals surface area contributed by atoms with E-state index in [9.17, 15) is 9.59 Å². The van der Waals surface area contributed by atoms with Crippen LogP contribution in [0.3, 0.4) is 0 Å². The molecule has 0 amide bonds. The highest BCUT2D eigenvalue weighted by atomic mass is 16.5. The molecule has 118 valence electrons. The highest BCUT2D eigenvalue weighted by Gasteiger charge is 2.22.